The summed E-state index contributed by atoms with van der Waals surface area (Å²) in [5.41, 5.74) is 2.20. The number of hydrogen-bond donors (Lipinski definition) is 0. The Kier molecular flexibility index (Phi) is 4.51. The highest BCUT2D eigenvalue weighted by Crippen LogP contribution is 2.32. The highest BCUT2D eigenvalue weighted by Gasteiger charge is 2.30. The first-order valence-corrected chi connectivity index (χ1v) is 7.76. The molecular weight excluding hydrogens is 306 g/mol. The highest BCUT2D eigenvalue weighted by molar-refractivity contribution is 6.43. The van der Waals surface area contributed by atoms with Crippen molar-refractivity contribution in [2.45, 2.75) is 13.0 Å². The molecule has 0 bridgehead atoms. The number of ether oxygens (including phenoxy) is 2. The van der Waals surface area contributed by atoms with Gasteiger partial charge in [0.05, 0.1) is 14.2 Å². The average molecular weight is 325 g/mol. The largest absolute Gasteiger partial charge is 0.493 e. The molecular formula is C19H19NO4. The van der Waals surface area contributed by atoms with Gasteiger partial charge in [-0.1, -0.05) is 30.3 Å². The summed E-state index contributed by atoms with van der Waals surface area (Å²) >= 11 is 0. The maximum Gasteiger partial charge on any atom is 0.295 e. The third-order valence-corrected chi connectivity index (χ3v) is 4.20. The second kappa shape index (κ2) is 6.74. The van der Waals surface area contributed by atoms with Crippen LogP contribution in [0.4, 0.5) is 0 Å². The Morgan fingerprint density at radius 2 is 1.67 bits per heavy atom. The van der Waals surface area contributed by atoms with E-state index in [1.54, 1.807) is 24.1 Å². The standard InChI is InChI=1S/C19H19NO4/c1-23-16-10-14-8-9-20(12-13-6-4-3-5-7-13)19(22)18(21)15(14)11-17(16)24-2/h3-7,10-11H,8-9,12H2,1-2H3. The predicted molar refractivity (Wildman–Crippen MR) is 89.4 cm³/mol. The molecule has 1 aliphatic heterocycles. The van der Waals surface area contributed by atoms with E-state index in [1.165, 1.54) is 7.11 Å². The van der Waals surface area contributed by atoms with Crippen LogP contribution < -0.4 is 9.47 Å². The zero-order valence-corrected chi connectivity index (χ0v) is 13.7. The SMILES string of the molecule is COc1cc2c(cc1OC)C(=O)C(=O)N(Cc1ccccc1)CC2. The molecule has 0 N–H and O–H groups in total. The Balaban J connectivity index is 1.92. The summed E-state index contributed by atoms with van der Waals surface area (Å²) in [5.74, 6) is 0.0334. The van der Waals surface area contributed by atoms with Gasteiger partial charge in [0.2, 0.25) is 0 Å². The van der Waals surface area contributed by atoms with Crippen LogP contribution in [-0.2, 0) is 17.8 Å². The van der Waals surface area contributed by atoms with Crippen LogP contribution in [0.5, 0.6) is 11.5 Å². The van der Waals surface area contributed by atoms with Crippen LogP contribution in [0.1, 0.15) is 21.5 Å². The van der Waals surface area contributed by atoms with E-state index in [2.05, 4.69) is 0 Å². The lowest BCUT2D eigenvalue weighted by Crippen LogP contribution is -2.35. The van der Waals surface area contributed by atoms with Crippen LogP contribution in [0.2, 0.25) is 0 Å². The molecule has 0 spiro atoms. The molecule has 0 unspecified atom stereocenters. The van der Waals surface area contributed by atoms with Crippen molar-refractivity contribution in [3.63, 3.8) is 0 Å². The van der Waals surface area contributed by atoms with E-state index >= 15 is 0 Å². The van der Waals surface area contributed by atoms with Crippen molar-refractivity contribution in [2.24, 2.45) is 0 Å². The van der Waals surface area contributed by atoms with Crippen LogP contribution in [-0.4, -0.2) is 37.4 Å². The monoisotopic (exact) mass is 325 g/mol. The number of hydrogen-bond acceptors (Lipinski definition) is 4. The number of methoxy groups -OCH3 is 2. The summed E-state index contributed by atoms with van der Waals surface area (Å²) in [6.45, 7) is 0.912. The van der Waals surface area contributed by atoms with E-state index in [4.69, 9.17) is 9.47 Å². The molecule has 0 aromatic heterocycles. The van der Waals surface area contributed by atoms with Gasteiger partial charge < -0.3 is 14.4 Å². The van der Waals surface area contributed by atoms with Gasteiger partial charge in [-0.25, -0.2) is 0 Å². The van der Waals surface area contributed by atoms with E-state index in [0.717, 1.165) is 11.1 Å². The third kappa shape index (κ3) is 2.97. The number of ketones is 1. The second-order valence-electron chi connectivity index (χ2n) is 5.66. The molecule has 1 aliphatic rings. The summed E-state index contributed by atoms with van der Waals surface area (Å²) in [7, 11) is 3.06. The minimum atomic E-state index is -0.501. The van der Waals surface area contributed by atoms with Crippen LogP contribution in [0, 0.1) is 0 Å². The Morgan fingerprint density at radius 3 is 2.33 bits per heavy atom. The Hall–Kier alpha value is -2.82. The fourth-order valence-corrected chi connectivity index (χ4v) is 2.91. The first kappa shape index (κ1) is 16.1. The zero-order chi connectivity index (χ0) is 17.1. The van der Waals surface area contributed by atoms with E-state index in [9.17, 15) is 9.59 Å². The van der Waals surface area contributed by atoms with Gasteiger partial charge in [-0.2, -0.15) is 0 Å². The average Bonchev–Trinajstić information content (AvgIpc) is 2.73. The number of carbonyl (C=O) groups is 2. The van der Waals surface area contributed by atoms with E-state index in [1.807, 2.05) is 30.3 Å². The summed E-state index contributed by atoms with van der Waals surface area (Å²) in [5, 5.41) is 0. The number of amides is 1. The minimum Gasteiger partial charge on any atom is -0.493 e. The number of carbonyl (C=O) groups excluding carboxylic acids is 2. The molecule has 2 aromatic rings. The smallest absolute Gasteiger partial charge is 0.295 e. The van der Waals surface area contributed by atoms with Gasteiger partial charge in [0.15, 0.2) is 11.5 Å². The van der Waals surface area contributed by atoms with Gasteiger partial charge in [-0.05, 0) is 29.7 Å². The number of rotatable bonds is 4. The normalized spacial score (nSPS) is 14.2. The number of benzene rings is 2. The topological polar surface area (TPSA) is 55.8 Å². The first-order valence-electron chi connectivity index (χ1n) is 7.76. The maximum absolute atomic E-state index is 12.6. The number of nitrogens with zero attached hydrogens (tertiary/aromatic N) is 1. The number of fused-ring (bicyclic) bond motifs is 1. The molecule has 1 amide bonds. The number of Topliss-reactive ketones (excluding diaryl/α,β-unsaturated/α-hetero) is 1. The summed E-state index contributed by atoms with van der Waals surface area (Å²) < 4.78 is 10.5. The lowest BCUT2D eigenvalue weighted by Gasteiger charge is -2.19. The molecule has 0 aliphatic carbocycles. The fraction of sp³-hybridized carbons (Fsp3) is 0.263. The van der Waals surface area contributed by atoms with Gasteiger partial charge in [-0.15, -0.1) is 0 Å². The lowest BCUT2D eigenvalue weighted by atomic mass is 10.0. The quantitative estimate of drug-likeness (QED) is 0.811. The van der Waals surface area contributed by atoms with Crippen molar-refractivity contribution in [3.05, 3.63) is 59.2 Å². The van der Waals surface area contributed by atoms with Crippen LogP contribution in [0.15, 0.2) is 42.5 Å². The predicted octanol–water partition coefficient (Wildman–Crippen LogP) is 2.47. The van der Waals surface area contributed by atoms with Crippen LogP contribution in [0.3, 0.4) is 0 Å². The Morgan fingerprint density at radius 1 is 1.00 bits per heavy atom. The molecule has 0 fully saturated rings. The van der Waals surface area contributed by atoms with E-state index in [-0.39, 0.29) is 0 Å². The van der Waals surface area contributed by atoms with Crippen LogP contribution in [0.25, 0.3) is 0 Å². The van der Waals surface area contributed by atoms with Gasteiger partial charge in [0.1, 0.15) is 0 Å². The van der Waals surface area contributed by atoms with Crippen molar-refractivity contribution in [3.8, 4) is 11.5 Å². The fourth-order valence-electron chi connectivity index (χ4n) is 2.91. The first-order chi connectivity index (χ1) is 11.6. The van der Waals surface area contributed by atoms with Crippen molar-refractivity contribution >= 4 is 11.7 Å². The molecule has 0 atom stereocenters. The molecule has 0 saturated carbocycles. The molecule has 24 heavy (non-hydrogen) atoms. The van der Waals surface area contributed by atoms with Crippen molar-refractivity contribution in [1.82, 2.24) is 4.90 Å². The van der Waals surface area contributed by atoms with Crippen molar-refractivity contribution in [2.75, 3.05) is 20.8 Å². The summed E-state index contributed by atoms with van der Waals surface area (Å²) in [4.78, 5) is 26.8. The van der Waals surface area contributed by atoms with Gasteiger partial charge in [-0.3, -0.25) is 9.59 Å². The van der Waals surface area contributed by atoms with E-state index < -0.39 is 11.7 Å². The second-order valence-corrected chi connectivity index (χ2v) is 5.66. The minimum absolute atomic E-state index is 0.396. The van der Waals surface area contributed by atoms with Gasteiger partial charge in [0.25, 0.3) is 11.7 Å². The van der Waals surface area contributed by atoms with Crippen LogP contribution >= 0.6 is 0 Å². The Bertz CT molecular complexity index is 770. The molecule has 0 saturated heterocycles. The summed E-state index contributed by atoms with van der Waals surface area (Å²) in [6.07, 6.45) is 0.597. The summed E-state index contributed by atoms with van der Waals surface area (Å²) in [6, 6.07) is 13.0. The molecule has 0 radical (unpaired) electrons. The molecule has 2 aromatic carbocycles. The molecule has 124 valence electrons. The molecule has 5 nitrogen and oxygen atoms in total. The van der Waals surface area contributed by atoms with E-state index in [0.29, 0.717) is 36.6 Å². The van der Waals surface area contributed by atoms with Gasteiger partial charge >= 0.3 is 0 Å². The van der Waals surface area contributed by atoms with Crippen molar-refractivity contribution in [1.29, 1.82) is 0 Å². The highest BCUT2D eigenvalue weighted by atomic mass is 16.5. The Labute approximate surface area is 140 Å². The maximum atomic E-state index is 12.6. The van der Waals surface area contributed by atoms with Crippen molar-refractivity contribution < 1.29 is 19.1 Å². The zero-order valence-electron chi connectivity index (χ0n) is 13.7. The third-order valence-electron chi connectivity index (χ3n) is 4.20. The van der Waals surface area contributed by atoms with Gasteiger partial charge in [0, 0.05) is 18.7 Å². The lowest BCUT2D eigenvalue weighted by molar-refractivity contribution is -0.126. The molecule has 5 heteroatoms. The molecule has 3 rings (SSSR count). The molecule has 1 heterocycles.